The van der Waals surface area contributed by atoms with Crippen molar-refractivity contribution in [1.82, 2.24) is 9.97 Å². The van der Waals surface area contributed by atoms with Crippen molar-refractivity contribution in [3.8, 4) is 11.5 Å². The molecule has 0 radical (unpaired) electrons. The molecule has 8 nitrogen and oxygen atoms in total. The Kier molecular flexibility index (Phi) is 5.03. The lowest BCUT2D eigenvalue weighted by Crippen LogP contribution is -2.13. The van der Waals surface area contributed by atoms with Crippen molar-refractivity contribution >= 4 is 11.8 Å². The summed E-state index contributed by atoms with van der Waals surface area (Å²) in [5, 5.41) is 15.4. The van der Waals surface area contributed by atoms with E-state index in [4.69, 9.17) is 19.3 Å². The number of hydrogen-bond acceptors (Lipinski definition) is 8. The van der Waals surface area contributed by atoms with E-state index in [1.54, 1.807) is 0 Å². The number of aliphatic hydroxyl groups is 1. The van der Waals surface area contributed by atoms with Crippen LogP contribution in [-0.4, -0.2) is 48.2 Å². The lowest BCUT2D eigenvalue weighted by Gasteiger charge is -2.13. The Labute approximate surface area is 151 Å². The zero-order valence-electron chi connectivity index (χ0n) is 14.4. The third-order valence-corrected chi connectivity index (χ3v) is 4.40. The molecule has 1 atom stereocenters. The van der Waals surface area contributed by atoms with E-state index < -0.39 is 0 Å². The summed E-state index contributed by atoms with van der Waals surface area (Å²) in [5.41, 5.74) is 2.02. The van der Waals surface area contributed by atoms with Gasteiger partial charge in [0, 0.05) is 31.7 Å². The third-order valence-electron chi connectivity index (χ3n) is 4.40. The molecule has 1 saturated heterocycles. The Morgan fingerprint density at radius 1 is 1.12 bits per heavy atom. The molecule has 2 aliphatic rings. The van der Waals surface area contributed by atoms with Gasteiger partial charge in [0.2, 0.25) is 12.7 Å². The van der Waals surface area contributed by atoms with Crippen LogP contribution in [-0.2, 0) is 11.3 Å². The first-order valence-corrected chi connectivity index (χ1v) is 8.75. The van der Waals surface area contributed by atoms with Crippen LogP contribution in [0.25, 0.3) is 0 Å². The van der Waals surface area contributed by atoms with Gasteiger partial charge in [-0.3, -0.25) is 0 Å². The lowest BCUT2D eigenvalue weighted by molar-refractivity contribution is 0.174. The number of aliphatic hydroxyl groups excluding tert-OH is 1. The molecule has 0 saturated carbocycles. The number of ether oxygens (including phenoxy) is 3. The van der Waals surface area contributed by atoms with E-state index in [2.05, 4.69) is 20.6 Å². The molecule has 0 aliphatic carbocycles. The molecule has 0 spiro atoms. The maximum Gasteiger partial charge on any atom is 0.231 e. The second-order valence-corrected chi connectivity index (χ2v) is 6.25. The summed E-state index contributed by atoms with van der Waals surface area (Å²) in [6, 6.07) is 7.84. The zero-order valence-corrected chi connectivity index (χ0v) is 14.4. The molecule has 8 heteroatoms. The number of hydrogen-bond donors (Lipinski definition) is 3. The quantitative estimate of drug-likeness (QED) is 0.688. The first-order valence-electron chi connectivity index (χ1n) is 8.75. The number of nitrogens with one attached hydrogen (secondary N) is 2. The Morgan fingerprint density at radius 3 is 2.88 bits per heavy atom. The predicted molar refractivity (Wildman–Crippen MR) is 95.7 cm³/mol. The molecule has 3 N–H and O–H groups in total. The smallest absolute Gasteiger partial charge is 0.231 e. The van der Waals surface area contributed by atoms with Gasteiger partial charge < -0.3 is 30.0 Å². The molecule has 4 rings (SSSR count). The van der Waals surface area contributed by atoms with Crippen LogP contribution in [0.2, 0.25) is 0 Å². The molecule has 1 aromatic heterocycles. The average molecular weight is 358 g/mol. The normalized spacial score (nSPS) is 18.1. The van der Waals surface area contributed by atoms with Gasteiger partial charge in [-0.25, -0.2) is 4.98 Å². The maximum atomic E-state index is 9.03. The number of nitrogens with zero attached hydrogens (tertiary/aromatic N) is 2. The first-order chi connectivity index (χ1) is 12.8. The summed E-state index contributed by atoms with van der Waals surface area (Å²) in [6.07, 6.45) is 0.956. The van der Waals surface area contributed by atoms with Crippen molar-refractivity contribution < 1.29 is 19.3 Å². The molecule has 138 valence electrons. The van der Waals surface area contributed by atoms with E-state index >= 15 is 0 Å². The van der Waals surface area contributed by atoms with E-state index in [1.807, 2.05) is 24.3 Å². The van der Waals surface area contributed by atoms with E-state index in [0.29, 0.717) is 25.6 Å². The van der Waals surface area contributed by atoms with Crippen molar-refractivity contribution in [1.29, 1.82) is 0 Å². The van der Waals surface area contributed by atoms with Gasteiger partial charge >= 0.3 is 0 Å². The molecule has 0 amide bonds. The van der Waals surface area contributed by atoms with Crippen molar-refractivity contribution in [3.05, 3.63) is 35.5 Å². The highest BCUT2D eigenvalue weighted by Crippen LogP contribution is 2.32. The third kappa shape index (κ3) is 3.81. The molecule has 2 aliphatic heterocycles. The molecule has 2 aromatic rings. The molecular weight excluding hydrogens is 336 g/mol. The summed E-state index contributed by atoms with van der Waals surface area (Å²) in [7, 11) is 0. The van der Waals surface area contributed by atoms with Gasteiger partial charge in [0.25, 0.3) is 0 Å². The fourth-order valence-corrected chi connectivity index (χ4v) is 3.02. The van der Waals surface area contributed by atoms with Crippen LogP contribution in [0.15, 0.2) is 24.3 Å². The summed E-state index contributed by atoms with van der Waals surface area (Å²) < 4.78 is 16.2. The van der Waals surface area contributed by atoms with Crippen molar-refractivity contribution in [2.24, 2.45) is 0 Å². The van der Waals surface area contributed by atoms with Crippen molar-refractivity contribution in [2.75, 3.05) is 43.8 Å². The highest BCUT2D eigenvalue weighted by Gasteiger charge is 2.21. The highest BCUT2D eigenvalue weighted by atomic mass is 16.7. The van der Waals surface area contributed by atoms with E-state index in [1.165, 1.54) is 0 Å². The van der Waals surface area contributed by atoms with Gasteiger partial charge in [0.1, 0.15) is 5.82 Å². The highest BCUT2D eigenvalue weighted by molar-refractivity contribution is 5.47. The van der Waals surface area contributed by atoms with E-state index in [-0.39, 0.29) is 19.3 Å². The SMILES string of the molecule is OCCNc1nc(NCc2ccc3c(c2)OCO3)cc(C2CCOC2)n1. The Balaban J connectivity index is 1.49. The minimum absolute atomic E-state index is 0.0279. The molecule has 1 unspecified atom stereocenters. The van der Waals surface area contributed by atoms with Crippen LogP contribution in [0.1, 0.15) is 23.6 Å². The standard InChI is InChI=1S/C18H22N4O4/c23-5-4-19-18-21-14(13-3-6-24-10-13)8-17(22-18)20-9-12-1-2-15-16(7-12)26-11-25-15/h1-2,7-8,13,23H,3-6,9-11H2,(H2,19,20,21,22). The van der Waals surface area contributed by atoms with Gasteiger partial charge in [0.15, 0.2) is 11.5 Å². The second-order valence-electron chi connectivity index (χ2n) is 6.25. The van der Waals surface area contributed by atoms with Crippen LogP contribution in [0.4, 0.5) is 11.8 Å². The Bertz CT molecular complexity index is 765. The summed E-state index contributed by atoms with van der Waals surface area (Å²) in [5.74, 6) is 3.06. The van der Waals surface area contributed by atoms with Gasteiger partial charge in [-0.05, 0) is 24.1 Å². The van der Waals surface area contributed by atoms with Gasteiger partial charge in [-0.1, -0.05) is 6.07 Å². The monoisotopic (exact) mass is 358 g/mol. The van der Waals surface area contributed by atoms with Gasteiger partial charge in [-0.15, -0.1) is 0 Å². The van der Waals surface area contributed by atoms with Crippen LogP contribution in [0.3, 0.4) is 0 Å². The number of fused-ring (bicyclic) bond motifs is 1. The summed E-state index contributed by atoms with van der Waals surface area (Å²) >= 11 is 0. The van der Waals surface area contributed by atoms with Crippen LogP contribution in [0, 0.1) is 0 Å². The number of aromatic nitrogens is 2. The lowest BCUT2D eigenvalue weighted by atomic mass is 10.0. The Morgan fingerprint density at radius 2 is 2.04 bits per heavy atom. The molecule has 0 bridgehead atoms. The Hall–Kier alpha value is -2.58. The molecular formula is C18H22N4O4. The number of benzene rings is 1. The first kappa shape index (κ1) is 16.9. The van der Waals surface area contributed by atoms with Crippen LogP contribution in [0.5, 0.6) is 11.5 Å². The fourth-order valence-electron chi connectivity index (χ4n) is 3.02. The largest absolute Gasteiger partial charge is 0.454 e. The maximum absolute atomic E-state index is 9.03. The molecule has 1 fully saturated rings. The van der Waals surface area contributed by atoms with Crippen molar-refractivity contribution in [2.45, 2.75) is 18.9 Å². The van der Waals surface area contributed by atoms with Crippen molar-refractivity contribution in [3.63, 3.8) is 0 Å². The predicted octanol–water partition coefficient (Wildman–Crippen LogP) is 1.73. The number of rotatable bonds is 7. The minimum Gasteiger partial charge on any atom is -0.454 e. The van der Waals surface area contributed by atoms with Crippen LogP contribution >= 0.6 is 0 Å². The van der Waals surface area contributed by atoms with Gasteiger partial charge in [0.05, 0.1) is 18.9 Å². The van der Waals surface area contributed by atoms with E-state index in [9.17, 15) is 0 Å². The van der Waals surface area contributed by atoms with Gasteiger partial charge in [-0.2, -0.15) is 4.98 Å². The summed E-state index contributed by atoms with van der Waals surface area (Å²) in [6.45, 7) is 2.75. The zero-order chi connectivity index (χ0) is 17.8. The number of anilines is 2. The van der Waals surface area contributed by atoms with E-state index in [0.717, 1.165) is 41.6 Å². The van der Waals surface area contributed by atoms with Crippen LogP contribution < -0.4 is 20.1 Å². The molecule has 3 heterocycles. The second kappa shape index (κ2) is 7.76. The summed E-state index contributed by atoms with van der Waals surface area (Å²) in [4.78, 5) is 9.05. The average Bonchev–Trinajstić information content (AvgIpc) is 3.35. The topological polar surface area (TPSA) is 97.8 Å². The molecule has 26 heavy (non-hydrogen) atoms. The molecule has 1 aromatic carbocycles. The minimum atomic E-state index is 0.0279. The fraction of sp³-hybridized carbons (Fsp3) is 0.444.